The second-order valence-electron chi connectivity index (χ2n) is 3.79. The molecular formula is C12H9BrN4OS. The van der Waals surface area contributed by atoms with Gasteiger partial charge in [-0.2, -0.15) is 4.98 Å². The first-order valence-electron chi connectivity index (χ1n) is 5.50. The number of pyridine rings is 1. The van der Waals surface area contributed by atoms with Gasteiger partial charge in [-0.1, -0.05) is 5.16 Å². The number of thiophene rings is 1. The van der Waals surface area contributed by atoms with Crippen LogP contribution in [0.3, 0.4) is 0 Å². The SMILES string of the molecule is NCc1cc(-c2nc(-c3cc(Br)cs3)no2)ccn1. The lowest BCUT2D eigenvalue weighted by Crippen LogP contribution is -1.98. The molecule has 0 bridgehead atoms. The van der Waals surface area contributed by atoms with Crippen molar-refractivity contribution in [2.75, 3.05) is 0 Å². The van der Waals surface area contributed by atoms with Crippen LogP contribution >= 0.6 is 27.3 Å². The highest BCUT2D eigenvalue weighted by Crippen LogP contribution is 2.29. The third-order valence-electron chi connectivity index (χ3n) is 2.49. The molecule has 96 valence electrons. The Balaban J connectivity index is 1.96. The van der Waals surface area contributed by atoms with Gasteiger partial charge in [0.15, 0.2) is 0 Å². The average molecular weight is 337 g/mol. The first-order chi connectivity index (χ1) is 9.26. The van der Waals surface area contributed by atoms with Gasteiger partial charge in [-0.15, -0.1) is 11.3 Å². The van der Waals surface area contributed by atoms with E-state index in [-0.39, 0.29) is 0 Å². The van der Waals surface area contributed by atoms with Crippen LogP contribution in [-0.2, 0) is 6.54 Å². The van der Waals surface area contributed by atoms with Crippen LogP contribution in [0, 0.1) is 0 Å². The average Bonchev–Trinajstić information content (AvgIpc) is 3.07. The Labute approximate surface area is 121 Å². The van der Waals surface area contributed by atoms with Gasteiger partial charge in [0, 0.05) is 28.2 Å². The van der Waals surface area contributed by atoms with Crippen LogP contribution in [0.1, 0.15) is 5.69 Å². The van der Waals surface area contributed by atoms with Crippen molar-refractivity contribution >= 4 is 27.3 Å². The molecule has 3 aromatic heterocycles. The Kier molecular flexibility index (Phi) is 3.41. The highest BCUT2D eigenvalue weighted by molar-refractivity contribution is 9.10. The van der Waals surface area contributed by atoms with E-state index in [1.807, 2.05) is 23.6 Å². The molecule has 5 nitrogen and oxygen atoms in total. The Bertz CT molecular complexity index is 709. The van der Waals surface area contributed by atoms with Gasteiger partial charge in [0.2, 0.25) is 5.82 Å². The lowest BCUT2D eigenvalue weighted by atomic mass is 10.2. The van der Waals surface area contributed by atoms with Crippen LogP contribution in [0.5, 0.6) is 0 Å². The molecule has 3 heterocycles. The highest BCUT2D eigenvalue weighted by atomic mass is 79.9. The summed E-state index contributed by atoms with van der Waals surface area (Å²) in [5.74, 6) is 1.05. The summed E-state index contributed by atoms with van der Waals surface area (Å²) >= 11 is 4.96. The molecule has 0 aliphatic rings. The largest absolute Gasteiger partial charge is 0.334 e. The fraction of sp³-hybridized carbons (Fsp3) is 0.0833. The molecule has 0 aliphatic heterocycles. The number of nitrogens with two attached hydrogens (primary N) is 1. The summed E-state index contributed by atoms with van der Waals surface area (Å²) in [5.41, 5.74) is 7.18. The molecule has 0 aromatic carbocycles. The number of rotatable bonds is 3. The molecule has 0 aliphatic carbocycles. The molecule has 2 N–H and O–H groups in total. The maximum absolute atomic E-state index is 5.56. The van der Waals surface area contributed by atoms with Gasteiger partial charge in [-0.25, -0.2) is 0 Å². The van der Waals surface area contributed by atoms with Gasteiger partial charge in [-0.05, 0) is 34.1 Å². The smallest absolute Gasteiger partial charge is 0.258 e. The van der Waals surface area contributed by atoms with Crippen LogP contribution in [-0.4, -0.2) is 15.1 Å². The van der Waals surface area contributed by atoms with Gasteiger partial charge in [0.25, 0.3) is 5.89 Å². The Hall–Kier alpha value is -1.57. The molecule has 7 heteroatoms. The zero-order valence-corrected chi connectivity index (χ0v) is 12.1. The Morgan fingerprint density at radius 2 is 2.26 bits per heavy atom. The molecule has 19 heavy (non-hydrogen) atoms. The van der Waals surface area contributed by atoms with Gasteiger partial charge >= 0.3 is 0 Å². The highest BCUT2D eigenvalue weighted by Gasteiger charge is 2.12. The number of nitrogens with zero attached hydrogens (tertiary/aromatic N) is 3. The van der Waals surface area contributed by atoms with E-state index in [9.17, 15) is 0 Å². The molecule has 0 fully saturated rings. The van der Waals surface area contributed by atoms with E-state index >= 15 is 0 Å². The predicted molar refractivity (Wildman–Crippen MR) is 76.4 cm³/mol. The van der Waals surface area contributed by atoms with E-state index in [1.54, 1.807) is 17.5 Å². The lowest BCUT2D eigenvalue weighted by Gasteiger charge is -1.97. The fourth-order valence-corrected chi connectivity index (χ4v) is 2.95. The van der Waals surface area contributed by atoms with E-state index in [2.05, 4.69) is 31.1 Å². The van der Waals surface area contributed by atoms with Gasteiger partial charge in [0.1, 0.15) is 0 Å². The fourth-order valence-electron chi connectivity index (χ4n) is 1.59. The standard InChI is InChI=1S/C12H9BrN4OS/c13-8-4-10(19-6-8)11-16-12(18-17-11)7-1-2-15-9(3-7)5-14/h1-4,6H,5,14H2. The molecule has 0 saturated carbocycles. The summed E-state index contributed by atoms with van der Waals surface area (Å²) in [6.45, 7) is 0.382. The third kappa shape index (κ3) is 2.58. The van der Waals surface area contributed by atoms with Crippen molar-refractivity contribution in [3.63, 3.8) is 0 Å². The molecule has 0 unspecified atom stereocenters. The van der Waals surface area contributed by atoms with Crippen molar-refractivity contribution in [3.8, 4) is 22.2 Å². The quantitative estimate of drug-likeness (QED) is 0.795. The van der Waals surface area contributed by atoms with E-state index in [4.69, 9.17) is 10.3 Å². The summed E-state index contributed by atoms with van der Waals surface area (Å²) in [5, 5.41) is 5.96. The monoisotopic (exact) mass is 336 g/mol. The maximum atomic E-state index is 5.56. The molecule has 0 radical (unpaired) electrons. The minimum atomic E-state index is 0.382. The number of aromatic nitrogens is 3. The summed E-state index contributed by atoms with van der Waals surface area (Å²) < 4.78 is 6.28. The molecule has 3 aromatic rings. The Morgan fingerprint density at radius 3 is 3.00 bits per heavy atom. The van der Waals surface area contributed by atoms with Crippen molar-refractivity contribution < 1.29 is 4.52 Å². The lowest BCUT2D eigenvalue weighted by molar-refractivity contribution is 0.432. The second kappa shape index (κ2) is 5.20. The summed E-state index contributed by atoms with van der Waals surface area (Å²) in [6, 6.07) is 5.62. The van der Waals surface area contributed by atoms with Crippen LogP contribution in [0.2, 0.25) is 0 Å². The summed E-state index contributed by atoms with van der Waals surface area (Å²) in [6.07, 6.45) is 1.68. The molecule has 0 saturated heterocycles. The van der Waals surface area contributed by atoms with E-state index in [0.29, 0.717) is 18.3 Å². The van der Waals surface area contributed by atoms with Crippen molar-refractivity contribution in [3.05, 3.63) is 39.9 Å². The van der Waals surface area contributed by atoms with Crippen LogP contribution in [0.15, 0.2) is 38.8 Å². The molecule has 3 rings (SSSR count). The third-order valence-corrected chi connectivity index (χ3v) is 4.17. The van der Waals surface area contributed by atoms with E-state index < -0.39 is 0 Å². The van der Waals surface area contributed by atoms with Crippen LogP contribution < -0.4 is 5.73 Å². The number of halogens is 1. The van der Waals surface area contributed by atoms with Crippen LogP contribution in [0.25, 0.3) is 22.2 Å². The zero-order chi connectivity index (χ0) is 13.2. The first kappa shape index (κ1) is 12.5. The normalized spacial score (nSPS) is 10.8. The van der Waals surface area contributed by atoms with Crippen LogP contribution in [0.4, 0.5) is 0 Å². The summed E-state index contributed by atoms with van der Waals surface area (Å²) in [4.78, 5) is 9.47. The molecular weight excluding hydrogens is 328 g/mol. The van der Waals surface area contributed by atoms with E-state index in [0.717, 1.165) is 20.6 Å². The molecule has 0 amide bonds. The second-order valence-corrected chi connectivity index (χ2v) is 5.62. The van der Waals surface area contributed by atoms with Crippen molar-refractivity contribution in [1.82, 2.24) is 15.1 Å². The van der Waals surface area contributed by atoms with Gasteiger partial charge in [-0.3, -0.25) is 4.98 Å². The minimum absolute atomic E-state index is 0.382. The first-order valence-corrected chi connectivity index (χ1v) is 7.17. The van der Waals surface area contributed by atoms with Crippen molar-refractivity contribution in [1.29, 1.82) is 0 Å². The Morgan fingerprint density at radius 1 is 1.37 bits per heavy atom. The number of hydrogen-bond donors (Lipinski definition) is 1. The maximum Gasteiger partial charge on any atom is 0.258 e. The number of hydrogen-bond acceptors (Lipinski definition) is 6. The zero-order valence-electron chi connectivity index (χ0n) is 9.71. The topological polar surface area (TPSA) is 77.8 Å². The van der Waals surface area contributed by atoms with Crippen molar-refractivity contribution in [2.24, 2.45) is 5.73 Å². The van der Waals surface area contributed by atoms with Gasteiger partial charge < -0.3 is 10.3 Å². The predicted octanol–water partition coefficient (Wildman–Crippen LogP) is 3.08. The molecule has 0 atom stereocenters. The minimum Gasteiger partial charge on any atom is -0.334 e. The van der Waals surface area contributed by atoms with E-state index in [1.165, 1.54) is 0 Å². The molecule has 0 spiro atoms. The summed E-state index contributed by atoms with van der Waals surface area (Å²) in [7, 11) is 0. The van der Waals surface area contributed by atoms with Gasteiger partial charge in [0.05, 0.1) is 10.6 Å². The van der Waals surface area contributed by atoms with Crippen molar-refractivity contribution in [2.45, 2.75) is 6.54 Å².